The van der Waals surface area contributed by atoms with Crippen molar-refractivity contribution in [3.05, 3.63) is 47.3 Å². The summed E-state index contributed by atoms with van der Waals surface area (Å²) in [7, 11) is 0. The van der Waals surface area contributed by atoms with E-state index in [1.807, 2.05) is 19.1 Å². The minimum absolute atomic E-state index is 0.0149. The Balaban J connectivity index is 1.40. The average molecular weight is 477 g/mol. The summed E-state index contributed by atoms with van der Waals surface area (Å²) in [4.78, 5) is 32.2. The first-order valence-corrected chi connectivity index (χ1v) is 12.4. The Bertz CT molecular complexity index is 1260. The highest BCUT2D eigenvalue weighted by Crippen LogP contribution is 2.38. The zero-order valence-corrected chi connectivity index (χ0v) is 20.2. The normalized spacial score (nSPS) is 19.9. The minimum atomic E-state index is -0.997. The largest absolute Gasteiger partial charge is 0.493 e. The molecule has 184 valence electrons. The van der Waals surface area contributed by atoms with E-state index in [1.165, 1.54) is 12.8 Å². The van der Waals surface area contributed by atoms with Crippen LogP contribution in [0.5, 0.6) is 5.75 Å². The molecular formula is C27H32N4O4. The van der Waals surface area contributed by atoms with Gasteiger partial charge in [0, 0.05) is 35.1 Å². The highest BCUT2D eigenvalue weighted by Gasteiger charge is 2.27. The van der Waals surface area contributed by atoms with E-state index in [0.717, 1.165) is 53.1 Å². The lowest BCUT2D eigenvalue weighted by Crippen LogP contribution is -2.43. The Hall–Kier alpha value is -3.55. The molecule has 2 aliphatic carbocycles. The summed E-state index contributed by atoms with van der Waals surface area (Å²) in [6.45, 7) is 4.69. The molecule has 1 aromatic carbocycles. The van der Waals surface area contributed by atoms with Crippen molar-refractivity contribution in [1.29, 1.82) is 0 Å². The first-order valence-electron chi connectivity index (χ1n) is 12.4. The van der Waals surface area contributed by atoms with Crippen molar-refractivity contribution in [3.63, 3.8) is 0 Å². The number of hydrogen-bond acceptors (Lipinski definition) is 4. The molecule has 8 heteroatoms. The molecule has 2 aliphatic rings. The third kappa shape index (κ3) is 5.11. The van der Waals surface area contributed by atoms with Gasteiger partial charge < -0.3 is 25.5 Å². The van der Waals surface area contributed by atoms with Crippen LogP contribution in [0.4, 0.5) is 4.79 Å². The first kappa shape index (κ1) is 23.2. The molecule has 4 N–H and O–H groups in total. The standard InChI is InChI=1S/C27H32N4O4/c1-15-3-10-22(35-14-17-4-5-17)21(13-15)20-11-12-28-25-23(16(2)29-24(20)25)26(32)30-18-6-8-19(9-7-18)31-27(33)34/h3,10-13,17-19,29,31H,4-9,14H2,1-2H3,(H,30,32)(H,33,34). The summed E-state index contributed by atoms with van der Waals surface area (Å²) >= 11 is 0. The number of aromatic amines is 1. The van der Waals surface area contributed by atoms with Gasteiger partial charge in [-0.25, -0.2) is 4.79 Å². The zero-order chi connectivity index (χ0) is 24.5. The molecule has 0 unspecified atom stereocenters. The van der Waals surface area contributed by atoms with E-state index in [1.54, 1.807) is 6.20 Å². The van der Waals surface area contributed by atoms with Crippen LogP contribution in [-0.4, -0.2) is 45.8 Å². The number of aryl methyl sites for hydroxylation is 2. The Morgan fingerprint density at radius 3 is 2.43 bits per heavy atom. The highest BCUT2D eigenvalue weighted by molar-refractivity contribution is 6.09. The third-order valence-corrected chi connectivity index (χ3v) is 7.09. The van der Waals surface area contributed by atoms with Crippen LogP contribution in [0, 0.1) is 19.8 Å². The van der Waals surface area contributed by atoms with Gasteiger partial charge in [-0.05, 0) is 76.5 Å². The molecule has 0 atom stereocenters. The molecule has 2 saturated carbocycles. The van der Waals surface area contributed by atoms with Gasteiger partial charge in [0.2, 0.25) is 0 Å². The second kappa shape index (κ2) is 9.60. The van der Waals surface area contributed by atoms with Gasteiger partial charge in [-0.3, -0.25) is 9.78 Å². The molecule has 2 amide bonds. The van der Waals surface area contributed by atoms with Crippen molar-refractivity contribution in [2.75, 3.05) is 6.61 Å². The van der Waals surface area contributed by atoms with Gasteiger partial charge in [0.25, 0.3) is 5.91 Å². The summed E-state index contributed by atoms with van der Waals surface area (Å²) in [6.07, 6.45) is 6.11. The topological polar surface area (TPSA) is 116 Å². The molecule has 3 aromatic rings. The van der Waals surface area contributed by atoms with Crippen molar-refractivity contribution < 1.29 is 19.4 Å². The van der Waals surface area contributed by atoms with Gasteiger partial charge in [-0.2, -0.15) is 0 Å². The van der Waals surface area contributed by atoms with E-state index in [2.05, 4.69) is 39.7 Å². The molecule has 2 heterocycles. The van der Waals surface area contributed by atoms with Crippen LogP contribution in [0.1, 0.15) is 60.1 Å². The van der Waals surface area contributed by atoms with E-state index < -0.39 is 6.09 Å². The number of carbonyl (C=O) groups is 2. The molecule has 8 nitrogen and oxygen atoms in total. The van der Waals surface area contributed by atoms with Crippen molar-refractivity contribution in [2.45, 2.75) is 64.5 Å². The Labute approximate surface area is 204 Å². The number of H-pyrrole nitrogens is 1. The number of rotatable bonds is 7. The zero-order valence-electron chi connectivity index (χ0n) is 20.2. The van der Waals surface area contributed by atoms with Crippen LogP contribution >= 0.6 is 0 Å². The summed E-state index contributed by atoms with van der Waals surface area (Å²) in [5.74, 6) is 1.35. The lowest BCUT2D eigenvalue weighted by molar-refractivity contribution is 0.0924. The number of pyridine rings is 1. The van der Waals surface area contributed by atoms with Gasteiger partial charge in [-0.15, -0.1) is 0 Å². The Kier molecular flexibility index (Phi) is 6.36. The van der Waals surface area contributed by atoms with E-state index in [-0.39, 0.29) is 18.0 Å². The Morgan fingerprint density at radius 2 is 1.74 bits per heavy atom. The van der Waals surface area contributed by atoms with Crippen LogP contribution in [0.25, 0.3) is 22.2 Å². The van der Waals surface area contributed by atoms with Crippen LogP contribution in [0.2, 0.25) is 0 Å². The molecule has 2 aromatic heterocycles. The fraction of sp³-hybridized carbons (Fsp3) is 0.444. The highest BCUT2D eigenvalue weighted by atomic mass is 16.5. The van der Waals surface area contributed by atoms with Gasteiger partial charge in [0.15, 0.2) is 0 Å². The maximum Gasteiger partial charge on any atom is 0.404 e. The summed E-state index contributed by atoms with van der Waals surface area (Å²) in [6, 6.07) is 8.14. The smallest absolute Gasteiger partial charge is 0.404 e. The second-order valence-corrected chi connectivity index (χ2v) is 9.93. The molecule has 0 saturated heterocycles. The van der Waals surface area contributed by atoms with E-state index in [0.29, 0.717) is 29.8 Å². The fourth-order valence-electron chi connectivity index (χ4n) is 4.99. The summed E-state index contributed by atoms with van der Waals surface area (Å²) < 4.78 is 6.18. The van der Waals surface area contributed by atoms with E-state index >= 15 is 0 Å². The fourth-order valence-corrected chi connectivity index (χ4v) is 4.99. The van der Waals surface area contributed by atoms with Crippen molar-refractivity contribution in [3.8, 4) is 16.9 Å². The molecule has 5 rings (SSSR count). The monoisotopic (exact) mass is 476 g/mol. The van der Waals surface area contributed by atoms with Crippen molar-refractivity contribution in [2.24, 2.45) is 5.92 Å². The molecule has 0 bridgehead atoms. The average Bonchev–Trinajstić information content (AvgIpc) is 3.58. The lowest BCUT2D eigenvalue weighted by Gasteiger charge is -2.28. The molecule has 0 spiro atoms. The van der Waals surface area contributed by atoms with Gasteiger partial charge >= 0.3 is 6.09 Å². The van der Waals surface area contributed by atoms with Gasteiger partial charge in [-0.1, -0.05) is 11.6 Å². The van der Waals surface area contributed by atoms with Crippen molar-refractivity contribution >= 4 is 23.0 Å². The number of carbonyl (C=O) groups excluding carboxylic acids is 1. The number of benzene rings is 1. The summed E-state index contributed by atoms with van der Waals surface area (Å²) in [5, 5.41) is 14.6. The predicted molar refractivity (Wildman–Crippen MR) is 134 cm³/mol. The van der Waals surface area contributed by atoms with Crippen LogP contribution in [-0.2, 0) is 0 Å². The second-order valence-electron chi connectivity index (χ2n) is 9.93. The third-order valence-electron chi connectivity index (χ3n) is 7.09. The first-order chi connectivity index (χ1) is 16.9. The number of nitrogens with one attached hydrogen (secondary N) is 3. The number of ether oxygens (including phenoxy) is 1. The molecule has 35 heavy (non-hydrogen) atoms. The SMILES string of the molecule is Cc1ccc(OCC2CC2)c(-c2ccnc3c(C(=O)NC4CCC(NC(=O)O)CC4)c(C)[nH]c23)c1. The number of amides is 2. The van der Waals surface area contributed by atoms with E-state index in [9.17, 15) is 9.59 Å². The number of aromatic nitrogens is 2. The van der Waals surface area contributed by atoms with Crippen molar-refractivity contribution in [1.82, 2.24) is 20.6 Å². The lowest BCUT2D eigenvalue weighted by atomic mass is 9.91. The number of nitrogens with zero attached hydrogens (tertiary/aromatic N) is 1. The summed E-state index contributed by atoms with van der Waals surface area (Å²) in [5.41, 5.74) is 5.90. The molecule has 2 fully saturated rings. The van der Waals surface area contributed by atoms with Crippen LogP contribution < -0.4 is 15.4 Å². The predicted octanol–water partition coefficient (Wildman–Crippen LogP) is 4.94. The number of hydrogen-bond donors (Lipinski definition) is 4. The number of fused-ring (bicyclic) bond motifs is 1. The van der Waals surface area contributed by atoms with Crippen LogP contribution in [0.15, 0.2) is 30.5 Å². The van der Waals surface area contributed by atoms with Gasteiger partial charge in [0.1, 0.15) is 11.3 Å². The maximum atomic E-state index is 13.3. The Morgan fingerprint density at radius 1 is 1.03 bits per heavy atom. The molecule has 0 aliphatic heterocycles. The van der Waals surface area contributed by atoms with Gasteiger partial charge in [0.05, 0.1) is 17.7 Å². The molecular weight excluding hydrogens is 444 g/mol. The molecule has 0 radical (unpaired) electrons. The van der Waals surface area contributed by atoms with Crippen LogP contribution in [0.3, 0.4) is 0 Å². The van der Waals surface area contributed by atoms with E-state index in [4.69, 9.17) is 9.84 Å². The maximum absolute atomic E-state index is 13.3. The minimum Gasteiger partial charge on any atom is -0.493 e. The number of carboxylic acid groups (broad SMARTS) is 1. The quantitative estimate of drug-likeness (QED) is 0.385.